The Bertz CT molecular complexity index is 596. The molecular weight excluding hydrogens is 238 g/mol. The number of carbonyl (C=O) groups excluding carboxylic acids is 1. The van der Waals surface area contributed by atoms with Crippen molar-refractivity contribution < 1.29 is 4.79 Å². The molecule has 1 heterocycles. The van der Waals surface area contributed by atoms with E-state index in [1.807, 2.05) is 18.2 Å². The number of benzene rings is 1. The first-order valence-electron chi connectivity index (χ1n) is 6.88. The third-order valence-electron chi connectivity index (χ3n) is 4.17. The first-order chi connectivity index (χ1) is 9.16. The van der Waals surface area contributed by atoms with E-state index in [9.17, 15) is 4.79 Å². The highest BCUT2D eigenvalue weighted by Gasteiger charge is 2.28. The van der Waals surface area contributed by atoms with E-state index in [-0.39, 0.29) is 11.3 Å². The van der Waals surface area contributed by atoms with Gasteiger partial charge in [0.05, 0.1) is 17.4 Å². The molecule has 3 rings (SSSR count). The summed E-state index contributed by atoms with van der Waals surface area (Å²) >= 11 is 0. The van der Waals surface area contributed by atoms with Crippen molar-refractivity contribution in [2.75, 3.05) is 6.54 Å². The molecule has 2 aromatic rings. The number of carbonyl (C=O) groups is 1. The maximum Gasteiger partial charge on any atom is 0.251 e. The second-order valence-corrected chi connectivity index (χ2v) is 5.83. The van der Waals surface area contributed by atoms with Gasteiger partial charge in [0.2, 0.25) is 0 Å². The molecule has 0 radical (unpaired) electrons. The zero-order valence-corrected chi connectivity index (χ0v) is 11.2. The number of imidazole rings is 1. The minimum absolute atomic E-state index is 0.00428. The van der Waals surface area contributed by atoms with E-state index in [4.69, 9.17) is 0 Å². The van der Waals surface area contributed by atoms with Crippen LogP contribution in [-0.2, 0) is 0 Å². The Kier molecular flexibility index (Phi) is 3.01. The van der Waals surface area contributed by atoms with Gasteiger partial charge in [0, 0.05) is 12.1 Å². The van der Waals surface area contributed by atoms with Crippen molar-refractivity contribution in [3.8, 4) is 0 Å². The fourth-order valence-corrected chi connectivity index (χ4v) is 2.88. The van der Waals surface area contributed by atoms with E-state index in [0.29, 0.717) is 5.56 Å². The Balaban J connectivity index is 1.69. The number of hydrogen-bond acceptors (Lipinski definition) is 2. The predicted octanol–water partition coefficient (Wildman–Crippen LogP) is 2.87. The Morgan fingerprint density at radius 3 is 3.00 bits per heavy atom. The average molecular weight is 257 g/mol. The zero-order chi connectivity index (χ0) is 13.3. The quantitative estimate of drug-likeness (QED) is 0.888. The number of aromatic nitrogens is 2. The summed E-state index contributed by atoms with van der Waals surface area (Å²) < 4.78 is 0. The topological polar surface area (TPSA) is 57.8 Å². The summed E-state index contributed by atoms with van der Waals surface area (Å²) in [7, 11) is 0. The first kappa shape index (κ1) is 12.2. The summed E-state index contributed by atoms with van der Waals surface area (Å²) in [6, 6.07) is 5.56. The van der Waals surface area contributed by atoms with Crippen LogP contribution in [0.15, 0.2) is 24.5 Å². The van der Waals surface area contributed by atoms with Crippen LogP contribution in [0.25, 0.3) is 11.0 Å². The van der Waals surface area contributed by atoms with E-state index in [1.165, 1.54) is 25.7 Å². The van der Waals surface area contributed by atoms with Crippen LogP contribution in [0.3, 0.4) is 0 Å². The largest absolute Gasteiger partial charge is 0.351 e. The predicted molar refractivity (Wildman–Crippen MR) is 75.0 cm³/mol. The van der Waals surface area contributed by atoms with Crippen molar-refractivity contribution in [2.24, 2.45) is 5.41 Å². The second kappa shape index (κ2) is 4.68. The lowest BCUT2D eigenvalue weighted by molar-refractivity contribution is 0.0934. The third-order valence-corrected chi connectivity index (χ3v) is 4.17. The van der Waals surface area contributed by atoms with Crippen LogP contribution in [0.1, 0.15) is 43.0 Å². The number of hydrogen-bond donors (Lipinski definition) is 2. The molecule has 100 valence electrons. The Labute approximate surface area is 112 Å². The standard InChI is InChI=1S/C15H19N3O/c1-15(6-2-3-7-15)9-16-14(19)11-4-5-12-13(8-11)18-10-17-12/h4-5,8,10H,2-3,6-7,9H2,1H3,(H,16,19)(H,17,18). The molecule has 19 heavy (non-hydrogen) atoms. The molecular formula is C15H19N3O. The van der Waals surface area contributed by atoms with Crippen LogP contribution in [0.5, 0.6) is 0 Å². The molecule has 0 aliphatic heterocycles. The molecule has 1 aromatic carbocycles. The van der Waals surface area contributed by atoms with Gasteiger partial charge >= 0.3 is 0 Å². The van der Waals surface area contributed by atoms with Crippen LogP contribution in [0, 0.1) is 5.41 Å². The van der Waals surface area contributed by atoms with E-state index < -0.39 is 0 Å². The summed E-state index contributed by atoms with van der Waals surface area (Å²) in [4.78, 5) is 19.3. The van der Waals surface area contributed by atoms with Crippen LogP contribution in [0.4, 0.5) is 0 Å². The first-order valence-corrected chi connectivity index (χ1v) is 6.88. The van der Waals surface area contributed by atoms with Crippen LogP contribution in [0.2, 0.25) is 0 Å². The molecule has 1 saturated carbocycles. The third kappa shape index (κ3) is 2.48. The highest BCUT2D eigenvalue weighted by atomic mass is 16.1. The number of nitrogens with zero attached hydrogens (tertiary/aromatic N) is 1. The molecule has 1 amide bonds. The molecule has 0 spiro atoms. The molecule has 1 aliphatic rings. The smallest absolute Gasteiger partial charge is 0.251 e. The van der Waals surface area contributed by atoms with E-state index in [2.05, 4.69) is 22.2 Å². The fourth-order valence-electron chi connectivity index (χ4n) is 2.88. The van der Waals surface area contributed by atoms with Gasteiger partial charge in [-0.05, 0) is 36.5 Å². The van der Waals surface area contributed by atoms with Gasteiger partial charge in [-0.3, -0.25) is 4.79 Å². The lowest BCUT2D eigenvalue weighted by Crippen LogP contribution is -2.34. The van der Waals surface area contributed by atoms with Crippen LogP contribution >= 0.6 is 0 Å². The second-order valence-electron chi connectivity index (χ2n) is 5.83. The molecule has 4 heteroatoms. The zero-order valence-electron chi connectivity index (χ0n) is 11.2. The van der Waals surface area contributed by atoms with Crippen molar-refractivity contribution in [1.29, 1.82) is 0 Å². The van der Waals surface area contributed by atoms with Gasteiger partial charge < -0.3 is 10.3 Å². The monoisotopic (exact) mass is 257 g/mol. The maximum atomic E-state index is 12.2. The van der Waals surface area contributed by atoms with Gasteiger partial charge in [-0.25, -0.2) is 4.98 Å². The van der Waals surface area contributed by atoms with Gasteiger partial charge in [-0.15, -0.1) is 0 Å². The van der Waals surface area contributed by atoms with Gasteiger partial charge in [0.15, 0.2) is 0 Å². The molecule has 4 nitrogen and oxygen atoms in total. The number of fused-ring (bicyclic) bond motifs is 1. The molecule has 1 aliphatic carbocycles. The van der Waals surface area contributed by atoms with Crippen molar-refractivity contribution in [2.45, 2.75) is 32.6 Å². The van der Waals surface area contributed by atoms with Gasteiger partial charge in [0.1, 0.15) is 0 Å². The van der Waals surface area contributed by atoms with E-state index in [1.54, 1.807) is 6.33 Å². The van der Waals surface area contributed by atoms with Crippen molar-refractivity contribution in [1.82, 2.24) is 15.3 Å². The number of rotatable bonds is 3. The van der Waals surface area contributed by atoms with Crippen LogP contribution < -0.4 is 5.32 Å². The molecule has 1 fully saturated rings. The van der Waals surface area contributed by atoms with Crippen molar-refractivity contribution >= 4 is 16.9 Å². The molecule has 0 atom stereocenters. The van der Waals surface area contributed by atoms with Crippen LogP contribution in [-0.4, -0.2) is 22.4 Å². The number of amides is 1. The molecule has 1 aromatic heterocycles. The maximum absolute atomic E-state index is 12.2. The van der Waals surface area contributed by atoms with E-state index in [0.717, 1.165) is 17.6 Å². The molecule has 0 bridgehead atoms. The molecule has 0 saturated heterocycles. The summed E-state index contributed by atoms with van der Waals surface area (Å²) in [6.45, 7) is 3.03. The highest BCUT2D eigenvalue weighted by molar-refractivity contribution is 5.97. The van der Waals surface area contributed by atoms with Crippen molar-refractivity contribution in [3.05, 3.63) is 30.1 Å². The summed E-state index contributed by atoms with van der Waals surface area (Å²) in [5, 5.41) is 3.07. The lowest BCUT2D eigenvalue weighted by atomic mass is 9.89. The molecule has 0 unspecified atom stereocenters. The summed E-state index contributed by atoms with van der Waals surface area (Å²) in [5.74, 6) is 0.00428. The number of H-pyrrole nitrogens is 1. The minimum Gasteiger partial charge on any atom is -0.351 e. The SMILES string of the molecule is CC1(CNC(=O)c2ccc3nc[nH]c3c2)CCCC1. The summed E-state index contributed by atoms with van der Waals surface area (Å²) in [6.07, 6.45) is 6.64. The van der Waals surface area contributed by atoms with Gasteiger partial charge in [-0.2, -0.15) is 0 Å². The highest BCUT2D eigenvalue weighted by Crippen LogP contribution is 2.36. The minimum atomic E-state index is 0.00428. The fraction of sp³-hybridized carbons (Fsp3) is 0.467. The Morgan fingerprint density at radius 2 is 2.21 bits per heavy atom. The van der Waals surface area contributed by atoms with Crippen molar-refractivity contribution in [3.63, 3.8) is 0 Å². The number of aromatic amines is 1. The Morgan fingerprint density at radius 1 is 1.42 bits per heavy atom. The van der Waals surface area contributed by atoms with Gasteiger partial charge in [0.25, 0.3) is 5.91 Å². The lowest BCUT2D eigenvalue weighted by Gasteiger charge is -2.23. The summed E-state index contributed by atoms with van der Waals surface area (Å²) in [5.41, 5.74) is 2.77. The normalized spacial score (nSPS) is 17.7. The number of nitrogens with one attached hydrogen (secondary N) is 2. The van der Waals surface area contributed by atoms with E-state index >= 15 is 0 Å². The van der Waals surface area contributed by atoms with Gasteiger partial charge in [-0.1, -0.05) is 19.8 Å². The Hall–Kier alpha value is -1.84. The average Bonchev–Trinajstić information content (AvgIpc) is 3.04. The molecule has 2 N–H and O–H groups in total.